The summed E-state index contributed by atoms with van der Waals surface area (Å²) in [6, 6.07) is 8.19. The number of nitrogens with zero attached hydrogens (tertiary/aromatic N) is 1. The fraction of sp³-hybridized carbons (Fsp3) is 0.308. The van der Waals surface area contributed by atoms with E-state index in [0.717, 1.165) is 17.3 Å². The predicted octanol–water partition coefficient (Wildman–Crippen LogP) is 3.22. The lowest BCUT2D eigenvalue weighted by molar-refractivity contribution is 0.573. The predicted molar refractivity (Wildman–Crippen MR) is 70.0 cm³/mol. The minimum Gasteiger partial charge on any atom is -0.306 e. The third kappa shape index (κ3) is 3.08. The van der Waals surface area contributed by atoms with E-state index in [2.05, 4.69) is 28.5 Å². The Morgan fingerprint density at radius 3 is 2.94 bits per heavy atom. The Balaban J connectivity index is 1.98. The number of hydrogen-bond donors (Lipinski definition) is 2. The number of H-pyrrole nitrogens is 1. The molecule has 2 rings (SSSR count). The molecule has 0 amide bonds. The van der Waals surface area contributed by atoms with Crippen LogP contribution in [-0.4, -0.2) is 10.2 Å². The highest BCUT2D eigenvalue weighted by molar-refractivity contribution is 6.30. The molecule has 3 nitrogen and oxygen atoms in total. The van der Waals surface area contributed by atoms with Crippen LogP contribution in [0.5, 0.6) is 0 Å². The highest BCUT2D eigenvalue weighted by Gasteiger charge is 2.06. The average molecular weight is 250 g/mol. The van der Waals surface area contributed by atoms with Gasteiger partial charge in [-0.25, -0.2) is 0 Å². The number of aromatic nitrogens is 2. The number of rotatable bonds is 4. The normalized spacial score (nSPS) is 12.6. The van der Waals surface area contributed by atoms with Crippen LogP contribution in [-0.2, 0) is 6.54 Å². The fourth-order valence-corrected chi connectivity index (χ4v) is 1.91. The van der Waals surface area contributed by atoms with Crippen molar-refractivity contribution in [3.8, 4) is 0 Å². The van der Waals surface area contributed by atoms with E-state index < -0.39 is 0 Å². The quantitative estimate of drug-likeness (QED) is 0.874. The van der Waals surface area contributed by atoms with Crippen LogP contribution in [0.3, 0.4) is 0 Å². The third-order valence-electron chi connectivity index (χ3n) is 2.88. The van der Waals surface area contributed by atoms with Gasteiger partial charge >= 0.3 is 0 Å². The van der Waals surface area contributed by atoms with Crippen molar-refractivity contribution in [1.29, 1.82) is 0 Å². The first-order valence-electron chi connectivity index (χ1n) is 5.64. The Hall–Kier alpha value is -1.32. The minimum atomic E-state index is 0.267. The first-order chi connectivity index (χ1) is 8.16. The second kappa shape index (κ2) is 5.34. The first kappa shape index (κ1) is 12.1. The molecule has 0 aliphatic rings. The van der Waals surface area contributed by atoms with Gasteiger partial charge in [-0.15, -0.1) is 0 Å². The molecule has 2 aromatic rings. The molecule has 1 aromatic carbocycles. The molecule has 1 heterocycles. The van der Waals surface area contributed by atoms with Crippen LogP contribution in [0.2, 0.25) is 5.02 Å². The number of nitrogens with one attached hydrogen (secondary N) is 2. The van der Waals surface area contributed by atoms with Crippen molar-refractivity contribution >= 4 is 11.6 Å². The van der Waals surface area contributed by atoms with Crippen molar-refractivity contribution in [2.24, 2.45) is 0 Å². The van der Waals surface area contributed by atoms with Crippen LogP contribution in [0.1, 0.15) is 29.8 Å². The Labute approximate surface area is 106 Å². The van der Waals surface area contributed by atoms with E-state index in [1.165, 1.54) is 11.1 Å². The van der Waals surface area contributed by atoms with Gasteiger partial charge in [-0.05, 0) is 31.5 Å². The van der Waals surface area contributed by atoms with E-state index in [0.29, 0.717) is 0 Å². The summed E-state index contributed by atoms with van der Waals surface area (Å²) in [5.41, 5.74) is 3.49. The summed E-state index contributed by atoms with van der Waals surface area (Å²) < 4.78 is 0. The molecular weight excluding hydrogens is 234 g/mol. The molecule has 0 saturated carbocycles. The van der Waals surface area contributed by atoms with E-state index in [-0.39, 0.29) is 6.04 Å². The number of aromatic amines is 1. The molecule has 90 valence electrons. The van der Waals surface area contributed by atoms with Crippen molar-refractivity contribution in [1.82, 2.24) is 15.5 Å². The van der Waals surface area contributed by atoms with E-state index in [9.17, 15) is 0 Å². The number of halogens is 1. The third-order valence-corrected chi connectivity index (χ3v) is 3.12. The summed E-state index contributed by atoms with van der Waals surface area (Å²) in [6.45, 7) is 4.95. The van der Waals surface area contributed by atoms with Crippen molar-refractivity contribution < 1.29 is 0 Å². The van der Waals surface area contributed by atoms with Crippen LogP contribution in [0.4, 0.5) is 0 Å². The number of benzene rings is 1. The Morgan fingerprint density at radius 2 is 2.29 bits per heavy atom. The van der Waals surface area contributed by atoms with Gasteiger partial charge in [0.2, 0.25) is 0 Å². The van der Waals surface area contributed by atoms with Gasteiger partial charge in [0.25, 0.3) is 0 Å². The molecule has 0 fully saturated rings. The Kier molecular flexibility index (Phi) is 3.82. The molecular formula is C13H16ClN3. The average Bonchev–Trinajstić information content (AvgIpc) is 2.72. The monoisotopic (exact) mass is 249 g/mol. The molecule has 0 unspecified atom stereocenters. The highest BCUT2D eigenvalue weighted by atomic mass is 35.5. The lowest BCUT2D eigenvalue weighted by atomic mass is 10.1. The molecule has 1 aromatic heterocycles. The largest absolute Gasteiger partial charge is 0.306 e. The molecule has 0 aliphatic carbocycles. The molecule has 2 N–H and O–H groups in total. The smallest absolute Gasteiger partial charge is 0.0535 e. The van der Waals surface area contributed by atoms with Crippen molar-refractivity contribution in [2.45, 2.75) is 26.4 Å². The van der Waals surface area contributed by atoms with Crippen molar-refractivity contribution in [3.05, 3.63) is 52.3 Å². The summed E-state index contributed by atoms with van der Waals surface area (Å²) >= 11 is 5.97. The highest BCUT2D eigenvalue weighted by Crippen LogP contribution is 2.17. The van der Waals surface area contributed by atoms with Gasteiger partial charge in [0.05, 0.1) is 6.20 Å². The van der Waals surface area contributed by atoms with Crippen LogP contribution < -0.4 is 5.32 Å². The van der Waals surface area contributed by atoms with Crippen LogP contribution in [0, 0.1) is 6.92 Å². The van der Waals surface area contributed by atoms with Crippen LogP contribution >= 0.6 is 11.6 Å². The summed E-state index contributed by atoms with van der Waals surface area (Å²) in [7, 11) is 0. The standard InChI is InChI=1S/C13H16ClN3/c1-9(11-4-3-5-13(14)6-11)15-7-12-8-16-17-10(12)2/h3-6,8-9,15H,7H2,1-2H3,(H,16,17)/t9-/m1/s1. The zero-order valence-corrected chi connectivity index (χ0v) is 10.8. The topological polar surface area (TPSA) is 40.7 Å². The van der Waals surface area contributed by atoms with E-state index in [4.69, 9.17) is 11.6 Å². The summed E-state index contributed by atoms with van der Waals surface area (Å²) in [5, 5.41) is 11.2. The number of hydrogen-bond acceptors (Lipinski definition) is 2. The van der Waals surface area contributed by atoms with Gasteiger partial charge in [0.1, 0.15) is 0 Å². The Bertz CT molecular complexity index is 493. The maximum atomic E-state index is 5.97. The molecule has 4 heteroatoms. The second-order valence-corrected chi connectivity index (χ2v) is 4.61. The molecule has 0 aliphatic heterocycles. The lowest BCUT2D eigenvalue weighted by Crippen LogP contribution is -2.18. The summed E-state index contributed by atoms with van der Waals surface area (Å²) in [5.74, 6) is 0. The second-order valence-electron chi connectivity index (χ2n) is 4.18. The van der Waals surface area contributed by atoms with Gasteiger partial charge in [0, 0.05) is 28.9 Å². The molecule has 0 spiro atoms. The Morgan fingerprint density at radius 1 is 1.47 bits per heavy atom. The van der Waals surface area contributed by atoms with E-state index >= 15 is 0 Å². The maximum Gasteiger partial charge on any atom is 0.0535 e. The van der Waals surface area contributed by atoms with E-state index in [1.807, 2.05) is 31.3 Å². The zero-order chi connectivity index (χ0) is 12.3. The van der Waals surface area contributed by atoms with Gasteiger partial charge in [-0.2, -0.15) is 5.10 Å². The van der Waals surface area contributed by atoms with Gasteiger partial charge in [0.15, 0.2) is 0 Å². The minimum absolute atomic E-state index is 0.267. The van der Waals surface area contributed by atoms with Gasteiger partial charge < -0.3 is 5.32 Å². The molecule has 0 saturated heterocycles. The first-order valence-corrected chi connectivity index (χ1v) is 6.02. The molecule has 0 bridgehead atoms. The lowest BCUT2D eigenvalue weighted by Gasteiger charge is -2.14. The summed E-state index contributed by atoms with van der Waals surface area (Å²) in [4.78, 5) is 0. The van der Waals surface area contributed by atoms with Gasteiger partial charge in [-0.1, -0.05) is 23.7 Å². The number of aryl methyl sites for hydroxylation is 1. The zero-order valence-electron chi connectivity index (χ0n) is 10.00. The molecule has 17 heavy (non-hydrogen) atoms. The van der Waals surface area contributed by atoms with E-state index in [1.54, 1.807) is 0 Å². The summed E-state index contributed by atoms with van der Waals surface area (Å²) in [6.07, 6.45) is 1.85. The molecule has 0 radical (unpaired) electrons. The SMILES string of the molecule is Cc1[nH]ncc1CN[C@H](C)c1cccc(Cl)c1. The van der Waals surface area contributed by atoms with Crippen LogP contribution in [0.25, 0.3) is 0 Å². The maximum absolute atomic E-state index is 5.97. The van der Waals surface area contributed by atoms with Crippen LogP contribution in [0.15, 0.2) is 30.5 Å². The van der Waals surface area contributed by atoms with Crippen molar-refractivity contribution in [2.75, 3.05) is 0 Å². The van der Waals surface area contributed by atoms with Gasteiger partial charge in [-0.3, -0.25) is 5.10 Å². The fourth-order valence-electron chi connectivity index (χ4n) is 1.71. The molecule has 1 atom stereocenters. The van der Waals surface area contributed by atoms with Crippen molar-refractivity contribution in [3.63, 3.8) is 0 Å².